The molecule has 0 aliphatic carbocycles. The summed E-state index contributed by atoms with van der Waals surface area (Å²) in [6.45, 7) is 3.18. The van der Waals surface area contributed by atoms with E-state index < -0.39 is 10.0 Å². The number of morpholine rings is 1. The Morgan fingerprint density at radius 2 is 1.46 bits per heavy atom. The third-order valence-electron chi connectivity index (χ3n) is 5.00. The number of sulfonamides is 1. The standard InChI is InChI=1S/C22H24N2O3S/c25-28(26,24-11-13-27-14-12-24)22-9-6-18(7-10-22)16-23-17-19-5-8-20-3-1-2-4-21(20)15-19/h1-10,15,23H,11-14,16-17H2. The summed E-state index contributed by atoms with van der Waals surface area (Å²) in [7, 11) is -3.43. The molecule has 6 heteroatoms. The molecule has 3 aromatic rings. The summed E-state index contributed by atoms with van der Waals surface area (Å²) in [5, 5.41) is 5.90. The molecule has 0 unspecified atom stereocenters. The van der Waals surface area contributed by atoms with Crippen LogP contribution in [0, 0.1) is 0 Å². The van der Waals surface area contributed by atoms with Crippen LogP contribution in [0.1, 0.15) is 11.1 Å². The highest BCUT2D eigenvalue weighted by atomic mass is 32.2. The molecular formula is C22H24N2O3S. The Kier molecular flexibility index (Phi) is 5.73. The fourth-order valence-electron chi connectivity index (χ4n) is 3.42. The maximum atomic E-state index is 12.7. The molecule has 1 aliphatic heterocycles. The summed E-state index contributed by atoms with van der Waals surface area (Å²) >= 11 is 0. The van der Waals surface area contributed by atoms with Gasteiger partial charge in [0.05, 0.1) is 18.1 Å². The normalized spacial score (nSPS) is 15.7. The van der Waals surface area contributed by atoms with Crippen LogP contribution in [-0.4, -0.2) is 39.0 Å². The van der Waals surface area contributed by atoms with Gasteiger partial charge >= 0.3 is 0 Å². The van der Waals surface area contributed by atoms with E-state index in [1.165, 1.54) is 20.6 Å². The van der Waals surface area contributed by atoms with Crippen molar-refractivity contribution in [3.05, 3.63) is 77.9 Å². The minimum absolute atomic E-state index is 0.340. The molecule has 1 aliphatic rings. The summed E-state index contributed by atoms with van der Waals surface area (Å²) in [6, 6.07) is 21.9. The summed E-state index contributed by atoms with van der Waals surface area (Å²) in [5.41, 5.74) is 2.28. The minimum Gasteiger partial charge on any atom is -0.379 e. The maximum Gasteiger partial charge on any atom is 0.243 e. The van der Waals surface area contributed by atoms with E-state index in [4.69, 9.17) is 4.74 Å². The summed E-state index contributed by atoms with van der Waals surface area (Å²) in [5.74, 6) is 0. The average molecular weight is 397 g/mol. The number of nitrogens with one attached hydrogen (secondary N) is 1. The third kappa shape index (κ3) is 4.25. The van der Waals surface area contributed by atoms with Crippen molar-refractivity contribution >= 4 is 20.8 Å². The van der Waals surface area contributed by atoms with Crippen molar-refractivity contribution in [2.24, 2.45) is 0 Å². The van der Waals surface area contributed by atoms with Gasteiger partial charge in [0.2, 0.25) is 10.0 Å². The lowest BCUT2D eigenvalue weighted by Crippen LogP contribution is -2.40. The van der Waals surface area contributed by atoms with Gasteiger partial charge in [-0.25, -0.2) is 8.42 Å². The molecule has 1 heterocycles. The van der Waals surface area contributed by atoms with Gasteiger partial charge in [-0.1, -0.05) is 48.5 Å². The zero-order valence-electron chi connectivity index (χ0n) is 15.7. The zero-order valence-corrected chi connectivity index (χ0v) is 16.5. The molecule has 0 atom stereocenters. The van der Waals surface area contributed by atoms with Crippen molar-refractivity contribution in [2.75, 3.05) is 26.3 Å². The van der Waals surface area contributed by atoms with Crippen molar-refractivity contribution in [1.29, 1.82) is 0 Å². The van der Waals surface area contributed by atoms with Gasteiger partial charge in [-0.15, -0.1) is 0 Å². The number of hydrogen-bond acceptors (Lipinski definition) is 4. The fraction of sp³-hybridized carbons (Fsp3) is 0.273. The molecule has 0 radical (unpaired) electrons. The molecule has 1 saturated heterocycles. The smallest absolute Gasteiger partial charge is 0.243 e. The first-order valence-corrected chi connectivity index (χ1v) is 10.9. The first-order chi connectivity index (χ1) is 13.6. The van der Waals surface area contributed by atoms with E-state index in [0.717, 1.165) is 12.1 Å². The number of hydrogen-bond donors (Lipinski definition) is 1. The second-order valence-electron chi connectivity index (χ2n) is 6.95. The fourth-order valence-corrected chi connectivity index (χ4v) is 4.82. The van der Waals surface area contributed by atoms with Gasteiger partial charge in [0.25, 0.3) is 0 Å². The third-order valence-corrected chi connectivity index (χ3v) is 6.92. The molecule has 0 saturated carbocycles. The Balaban J connectivity index is 1.36. The van der Waals surface area contributed by atoms with E-state index >= 15 is 0 Å². The Bertz CT molecular complexity index is 1040. The van der Waals surface area contributed by atoms with Crippen molar-refractivity contribution in [3.63, 3.8) is 0 Å². The number of benzene rings is 3. The molecule has 0 spiro atoms. The molecule has 1 fully saturated rings. The highest BCUT2D eigenvalue weighted by Gasteiger charge is 2.25. The number of nitrogens with zero attached hydrogens (tertiary/aromatic N) is 1. The van der Waals surface area contributed by atoms with E-state index in [-0.39, 0.29) is 0 Å². The molecule has 0 bridgehead atoms. The Labute approximate surface area is 166 Å². The summed E-state index contributed by atoms with van der Waals surface area (Å²) in [6.07, 6.45) is 0. The monoisotopic (exact) mass is 396 g/mol. The van der Waals surface area contributed by atoms with E-state index in [1.54, 1.807) is 12.1 Å². The van der Waals surface area contributed by atoms with Gasteiger partial charge in [-0.3, -0.25) is 0 Å². The van der Waals surface area contributed by atoms with Gasteiger partial charge in [0, 0.05) is 26.2 Å². The van der Waals surface area contributed by atoms with Crippen LogP contribution in [0.15, 0.2) is 71.6 Å². The predicted molar refractivity (Wildman–Crippen MR) is 111 cm³/mol. The maximum absolute atomic E-state index is 12.7. The van der Waals surface area contributed by atoms with Crippen molar-refractivity contribution < 1.29 is 13.2 Å². The molecule has 28 heavy (non-hydrogen) atoms. The molecule has 5 nitrogen and oxygen atoms in total. The van der Waals surface area contributed by atoms with Gasteiger partial charge in [0.1, 0.15) is 0 Å². The Hall–Kier alpha value is -2.25. The van der Waals surface area contributed by atoms with E-state index in [9.17, 15) is 8.42 Å². The first-order valence-electron chi connectivity index (χ1n) is 9.48. The van der Waals surface area contributed by atoms with E-state index in [0.29, 0.717) is 37.7 Å². The molecule has 1 N–H and O–H groups in total. The lowest BCUT2D eigenvalue weighted by atomic mass is 10.1. The molecule has 146 valence electrons. The van der Waals surface area contributed by atoms with Crippen LogP contribution in [0.3, 0.4) is 0 Å². The quantitative estimate of drug-likeness (QED) is 0.695. The number of ether oxygens (including phenoxy) is 1. The van der Waals surface area contributed by atoms with E-state index in [1.807, 2.05) is 24.3 Å². The van der Waals surface area contributed by atoms with Gasteiger partial charge in [-0.2, -0.15) is 4.31 Å². The number of rotatable bonds is 6. The largest absolute Gasteiger partial charge is 0.379 e. The number of fused-ring (bicyclic) bond motifs is 1. The van der Waals surface area contributed by atoms with Crippen LogP contribution < -0.4 is 5.32 Å². The predicted octanol–water partition coefficient (Wildman–Crippen LogP) is 3.15. The van der Waals surface area contributed by atoms with Crippen molar-refractivity contribution in [1.82, 2.24) is 9.62 Å². The van der Waals surface area contributed by atoms with Gasteiger partial charge < -0.3 is 10.1 Å². The molecule has 3 aromatic carbocycles. The molecular weight excluding hydrogens is 372 g/mol. The summed E-state index contributed by atoms with van der Waals surface area (Å²) in [4.78, 5) is 0.340. The van der Waals surface area contributed by atoms with Crippen LogP contribution in [0.5, 0.6) is 0 Å². The second kappa shape index (κ2) is 8.41. The zero-order chi connectivity index (χ0) is 19.4. The van der Waals surface area contributed by atoms with Crippen LogP contribution in [-0.2, 0) is 27.8 Å². The SMILES string of the molecule is O=S(=O)(c1ccc(CNCc2ccc3ccccc3c2)cc1)N1CCOCC1. The lowest BCUT2D eigenvalue weighted by Gasteiger charge is -2.26. The highest BCUT2D eigenvalue weighted by Crippen LogP contribution is 2.18. The van der Waals surface area contributed by atoms with Crippen molar-refractivity contribution in [3.8, 4) is 0 Å². The van der Waals surface area contributed by atoms with Crippen LogP contribution in [0.2, 0.25) is 0 Å². The van der Waals surface area contributed by atoms with Crippen LogP contribution >= 0.6 is 0 Å². The molecule has 0 amide bonds. The topological polar surface area (TPSA) is 58.6 Å². The molecule has 4 rings (SSSR count). The Morgan fingerprint density at radius 1 is 0.821 bits per heavy atom. The van der Waals surface area contributed by atoms with Gasteiger partial charge in [0.15, 0.2) is 0 Å². The van der Waals surface area contributed by atoms with Gasteiger partial charge in [-0.05, 0) is 40.1 Å². The second-order valence-corrected chi connectivity index (χ2v) is 8.88. The highest BCUT2D eigenvalue weighted by molar-refractivity contribution is 7.89. The first kappa shape index (κ1) is 19.1. The van der Waals surface area contributed by atoms with Crippen LogP contribution in [0.25, 0.3) is 10.8 Å². The summed E-state index contributed by atoms with van der Waals surface area (Å²) < 4.78 is 32.0. The Morgan fingerprint density at radius 3 is 2.21 bits per heavy atom. The average Bonchev–Trinajstić information content (AvgIpc) is 2.75. The van der Waals surface area contributed by atoms with Crippen molar-refractivity contribution in [2.45, 2.75) is 18.0 Å². The molecule has 0 aromatic heterocycles. The van der Waals surface area contributed by atoms with E-state index in [2.05, 4.69) is 35.6 Å². The lowest BCUT2D eigenvalue weighted by molar-refractivity contribution is 0.0730. The van der Waals surface area contributed by atoms with Crippen LogP contribution in [0.4, 0.5) is 0 Å². The minimum atomic E-state index is -3.43.